The number of hydrogen-bond donors (Lipinski definition) is 2. The van der Waals surface area contributed by atoms with Crippen molar-refractivity contribution in [1.29, 1.82) is 0 Å². The van der Waals surface area contributed by atoms with Crippen molar-refractivity contribution in [1.82, 2.24) is 5.32 Å². The molecule has 1 heterocycles. The Morgan fingerprint density at radius 2 is 1.93 bits per heavy atom. The topological polar surface area (TPSA) is 71.0 Å². The lowest BCUT2D eigenvalue weighted by Crippen LogP contribution is -2.26. The van der Waals surface area contributed by atoms with E-state index < -0.39 is 5.97 Å². The maximum absolute atomic E-state index is 11.1. The van der Waals surface area contributed by atoms with E-state index in [4.69, 9.17) is 14.6 Å². The Kier molecular flexibility index (Phi) is 6.19. The van der Waals surface area contributed by atoms with Crippen LogP contribution in [-0.2, 0) is 6.54 Å². The van der Waals surface area contributed by atoms with Gasteiger partial charge in [-0.3, -0.25) is 0 Å². The summed E-state index contributed by atoms with van der Waals surface area (Å²) in [4.78, 5) is 13.4. The van der Waals surface area contributed by atoms with E-state index in [9.17, 15) is 4.79 Å². The monoisotopic (exact) mass is 370 g/mol. The number of hydrogen-bond acceptors (Lipinski definition) is 5. The predicted octanol–water partition coefficient (Wildman–Crippen LogP) is 3.02. The molecule has 27 heavy (non-hydrogen) atoms. The fourth-order valence-electron chi connectivity index (χ4n) is 3.44. The minimum absolute atomic E-state index is 0.327. The van der Waals surface area contributed by atoms with Gasteiger partial charge in [0, 0.05) is 50.1 Å². The Labute approximate surface area is 159 Å². The summed E-state index contributed by atoms with van der Waals surface area (Å²) in [6, 6.07) is 13.0. The number of carboxylic acids is 1. The van der Waals surface area contributed by atoms with Crippen LogP contribution < -0.4 is 19.7 Å². The first-order valence-electron chi connectivity index (χ1n) is 9.10. The van der Waals surface area contributed by atoms with Crippen LogP contribution in [0.3, 0.4) is 0 Å². The number of nitrogens with zero attached hydrogens (tertiary/aromatic N) is 1. The van der Waals surface area contributed by atoms with Gasteiger partial charge in [-0.25, -0.2) is 4.79 Å². The van der Waals surface area contributed by atoms with Gasteiger partial charge < -0.3 is 24.8 Å². The van der Waals surface area contributed by atoms with Crippen LogP contribution in [0.25, 0.3) is 0 Å². The van der Waals surface area contributed by atoms with E-state index in [1.54, 1.807) is 32.4 Å². The molecule has 1 saturated heterocycles. The molecule has 0 aromatic heterocycles. The quantitative estimate of drug-likeness (QED) is 0.744. The number of ether oxygens (including phenoxy) is 2. The van der Waals surface area contributed by atoms with Gasteiger partial charge in [0.2, 0.25) is 0 Å². The van der Waals surface area contributed by atoms with Gasteiger partial charge in [0.25, 0.3) is 0 Å². The van der Waals surface area contributed by atoms with E-state index in [0.717, 1.165) is 48.8 Å². The summed E-state index contributed by atoms with van der Waals surface area (Å²) in [5, 5.41) is 12.5. The number of benzene rings is 2. The molecule has 0 radical (unpaired) electrons. The van der Waals surface area contributed by atoms with E-state index in [1.165, 1.54) is 0 Å². The molecule has 0 amide bonds. The Balaban J connectivity index is 1.53. The van der Waals surface area contributed by atoms with Gasteiger partial charge in [-0.05, 0) is 30.0 Å². The summed E-state index contributed by atoms with van der Waals surface area (Å²) in [6.45, 7) is 3.54. The van der Waals surface area contributed by atoms with Crippen LogP contribution in [0.2, 0.25) is 0 Å². The third kappa shape index (κ3) is 4.92. The van der Waals surface area contributed by atoms with Crippen molar-refractivity contribution in [3.05, 3.63) is 53.6 Å². The Hall–Kier alpha value is -2.73. The molecule has 0 saturated carbocycles. The molecule has 0 bridgehead atoms. The van der Waals surface area contributed by atoms with Gasteiger partial charge in [0.05, 0.1) is 19.8 Å². The number of anilines is 1. The molecule has 1 aliphatic heterocycles. The fourth-order valence-corrected chi connectivity index (χ4v) is 3.44. The highest BCUT2D eigenvalue weighted by Crippen LogP contribution is 2.31. The second kappa shape index (κ2) is 8.77. The summed E-state index contributed by atoms with van der Waals surface area (Å²) in [6.07, 6.45) is 1.11. The van der Waals surface area contributed by atoms with Crippen molar-refractivity contribution in [2.24, 2.45) is 5.92 Å². The molecule has 1 fully saturated rings. The number of methoxy groups -OCH3 is 2. The zero-order chi connectivity index (χ0) is 19.2. The third-order valence-electron chi connectivity index (χ3n) is 4.92. The number of carbonyl (C=O) groups is 1. The summed E-state index contributed by atoms with van der Waals surface area (Å²) < 4.78 is 10.7. The first-order chi connectivity index (χ1) is 13.1. The number of nitrogens with one attached hydrogen (secondary N) is 1. The summed E-state index contributed by atoms with van der Waals surface area (Å²) >= 11 is 0. The molecular formula is C21H26N2O4. The summed E-state index contributed by atoms with van der Waals surface area (Å²) in [5.41, 5.74) is 2.43. The molecule has 1 atom stereocenters. The number of carboxylic acid groups (broad SMARTS) is 1. The molecule has 2 N–H and O–H groups in total. The van der Waals surface area contributed by atoms with Crippen molar-refractivity contribution in [3.8, 4) is 11.5 Å². The predicted molar refractivity (Wildman–Crippen MR) is 105 cm³/mol. The number of rotatable bonds is 8. The maximum atomic E-state index is 11.1. The lowest BCUT2D eigenvalue weighted by atomic mass is 10.1. The van der Waals surface area contributed by atoms with Gasteiger partial charge in [-0.15, -0.1) is 0 Å². The zero-order valence-electron chi connectivity index (χ0n) is 15.8. The average Bonchev–Trinajstić information content (AvgIpc) is 3.16. The SMILES string of the molecule is COc1cc(OC)cc(N2CCC(CNCc3cccc(C(=O)O)c3)C2)c1. The Morgan fingerprint density at radius 3 is 2.59 bits per heavy atom. The molecule has 1 aliphatic rings. The van der Waals surface area contributed by atoms with E-state index in [0.29, 0.717) is 18.0 Å². The molecule has 0 spiro atoms. The minimum atomic E-state index is -0.892. The van der Waals surface area contributed by atoms with Crippen molar-refractivity contribution < 1.29 is 19.4 Å². The first-order valence-corrected chi connectivity index (χ1v) is 9.10. The maximum Gasteiger partial charge on any atom is 0.335 e. The van der Waals surface area contributed by atoms with Crippen LogP contribution in [0.15, 0.2) is 42.5 Å². The molecule has 3 rings (SSSR count). The van der Waals surface area contributed by atoms with Gasteiger partial charge in [-0.2, -0.15) is 0 Å². The van der Waals surface area contributed by atoms with Gasteiger partial charge >= 0.3 is 5.97 Å². The molecule has 6 nitrogen and oxygen atoms in total. The lowest BCUT2D eigenvalue weighted by molar-refractivity contribution is 0.0696. The highest BCUT2D eigenvalue weighted by molar-refractivity contribution is 5.87. The smallest absolute Gasteiger partial charge is 0.335 e. The van der Waals surface area contributed by atoms with Gasteiger partial charge in [0.1, 0.15) is 11.5 Å². The molecule has 1 unspecified atom stereocenters. The molecule has 2 aromatic carbocycles. The lowest BCUT2D eigenvalue weighted by Gasteiger charge is -2.20. The zero-order valence-corrected chi connectivity index (χ0v) is 15.8. The molecular weight excluding hydrogens is 344 g/mol. The van der Waals surface area contributed by atoms with Crippen LogP contribution in [0, 0.1) is 5.92 Å². The largest absolute Gasteiger partial charge is 0.497 e. The van der Waals surface area contributed by atoms with Crippen LogP contribution in [0.4, 0.5) is 5.69 Å². The molecule has 144 valence electrons. The van der Waals surface area contributed by atoms with Crippen molar-refractivity contribution >= 4 is 11.7 Å². The van der Waals surface area contributed by atoms with Crippen molar-refractivity contribution in [3.63, 3.8) is 0 Å². The standard InChI is InChI=1S/C21H26N2O4/c1-26-19-9-18(10-20(11-19)27-2)23-7-6-16(14-23)13-22-12-15-4-3-5-17(8-15)21(24)25/h3-5,8-11,16,22H,6-7,12-14H2,1-2H3,(H,24,25). The normalized spacial score (nSPS) is 16.4. The first kappa shape index (κ1) is 19.0. The fraction of sp³-hybridized carbons (Fsp3) is 0.381. The molecule has 6 heteroatoms. The molecule has 0 aliphatic carbocycles. The second-order valence-electron chi connectivity index (χ2n) is 6.81. The Bertz CT molecular complexity index is 771. The summed E-state index contributed by atoms with van der Waals surface area (Å²) in [5.74, 6) is 1.25. The van der Waals surface area contributed by atoms with Crippen molar-refractivity contribution in [2.75, 3.05) is 38.8 Å². The van der Waals surface area contributed by atoms with Crippen LogP contribution >= 0.6 is 0 Å². The van der Waals surface area contributed by atoms with Gasteiger partial charge in [-0.1, -0.05) is 12.1 Å². The second-order valence-corrected chi connectivity index (χ2v) is 6.81. The average molecular weight is 370 g/mol. The van der Waals surface area contributed by atoms with E-state index >= 15 is 0 Å². The van der Waals surface area contributed by atoms with Crippen molar-refractivity contribution in [2.45, 2.75) is 13.0 Å². The highest BCUT2D eigenvalue weighted by Gasteiger charge is 2.23. The van der Waals surface area contributed by atoms with E-state index in [2.05, 4.69) is 10.2 Å². The van der Waals surface area contributed by atoms with Gasteiger partial charge in [0.15, 0.2) is 0 Å². The van der Waals surface area contributed by atoms with Crippen LogP contribution in [0.5, 0.6) is 11.5 Å². The number of aromatic carboxylic acids is 1. The summed E-state index contributed by atoms with van der Waals surface area (Å²) in [7, 11) is 3.32. The molecule has 2 aromatic rings. The van der Waals surface area contributed by atoms with Crippen LogP contribution in [0.1, 0.15) is 22.3 Å². The third-order valence-corrected chi connectivity index (χ3v) is 4.92. The minimum Gasteiger partial charge on any atom is -0.497 e. The Morgan fingerprint density at radius 1 is 1.19 bits per heavy atom. The van der Waals surface area contributed by atoms with E-state index in [1.807, 2.05) is 24.3 Å². The van der Waals surface area contributed by atoms with E-state index in [-0.39, 0.29) is 0 Å². The van der Waals surface area contributed by atoms with Crippen LogP contribution in [-0.4, -0.2) is 44.9 Å². The highest BCUT2D eigenvalue weighted by atomic mass is 16.5.